The van der Waals surface area contributed by atoms with Crippen LogP contribution in [0.3, 0.4) is 0 Å². The van der Waals surface area contributed by atoms with Crippen LogP contribution in [0, 0.1) is 0 Å². The molecule has 3 aromatic carbocycles. The number of carbonyl (C=O) groups excluding carboxylic acids is 1. The number of amides is 1. The van der Waals surface area contributed by atoms with Crippen LogP contribution in [0.2, 0.25) is 0 Å². The molecule has 1 heterocycles. The minimum atomic E-state index is -0.510. The average Bonchev–Trinajstić information content (AvgIpc) is 2.89. The lowest BCUT2D eigenvalue weighted by atomic mass is 10.1. The molecule has 1 amide bonds. The molecule has 8 heteroatoms. The summed E-state index contributed by atoms with van der Waals surface area (Å²) < 4.78 is 22.4. The normalized spacial score (nSPS) is 11.5. The van der Waals surface area contributed by atoms with Gasteiger partial charge in [-0.25, -0.2) is 14.8 Å². The fourth-order valence-corrected chi connectivity index (χ4v) is 3.66. The highest BCUT2D eigenvalue weighted by molar-refractivity contribution is 5.87. The van der Waals surface area contributed by atoms with Gasteiger partial charge in [0.15, 0.2) is 11.5 Å². The molecule has 4 aromatic rings. The van der Waals surface area contributed by atoms with Crippen LogP contribution in [0.15, 0.2) is 73.1 Å². The molecule has 0 bridgehead atoms. The number of rotatable bonds is 9. The van der Waals surface area contributed by atoms with Gasteiger partial charge in [-0.3, -0.25) is 5.32 Å². The lowest BCUT2D eigenvalue weighted by Gasteiger charge is -2.18. The van der Waals surface area contributed by atoms with Crippen molar-refractivity contribution < 1.29 is 23.7 Å². The lowest BCUT2D eigenvalue weighted by Crippen LogP contribution is -2.17. The number of hydrogen-bond acceptors (Lipinski definition) is 7. The van der Waals surface area contributed by atoms with E-state index < -0.39 is 6.09 Å². The van der Waals surface area contributed by atoms with Gasteiger partial charge in [-0.05, 0) is 42.3 Å². The fourth-order valence-electron chi connectivity index (χ4n) is 3.66. The maximum absolute atomic E-state index is 12.5. The first-order valence-electron chi connectivity index (χ1n) is 11.3. The number of anilines is 1. The predicted molar refractivity (Wildman–Crippen MR) is 133 cm³/mol. The van der Waals surface area contributed by atoms with E-state index in [0.717, 1.165) is 18.4 Å². The van der Waals surface area contributed by atoms with Gasteiger partial charge in [0.1, 0.15) is 18.2 Å². The third kappa shape index (κ3) is 5.78. The Kier molecular flexibility index (Phi) is 7.62. The number of carbonyl (C=O) groups is 1. The van der Waals surface area contributed by atoms with Crippen LogP contribution >= 0.6 is 0 Å². The number of nitrogens with zero attached hydrogens (tertiary/aromatic N) is 2. The maximum atomic E-state index is 12.5. The van der Waals surface area contributed by atoms with Crippen molar-refractivity contribution >= 4 is 22.7 Å². The number of nitrogens with one attached hydrogen (secondary N) is 1. The van der Waals surface area contributed by atoms with E-state index in [1.165, 1.54) is 6.33 Å². The largest absolute Gasteiger partial charge is 0.493 e. The summed E-state index contributed by atoms with van der Waals surface area (Å²) in [4.78, 5) is 21.1. The minimum Gasteiger partial charge on any atom is -0.493 e. The summed E-state index contributed by atoms with van der Waals surface area (Å²) in [5, 5.41) is 3.46. The molecule has 0 aliphatic carbocycles. The van der Waals surface area contributed by atoms with Crippen LogP contribution < -0.4 is 19.5 Å². The molecule has 0 aliphatic heterocycles. The Morgan fingerprint density at radius 1 is 0.943 bits per heavy atom. The van der Waals surface area contributed by atoms with Crippen LogP contribution in [0.4, 0.5) is 10.5 Å². The molecule has 8 nitrogen and oxygen atoms in total. The zero-order chi connectivity index (χ0) is 24.6. The number of methoxy groups -OCH3 is 2. The first-order chi connectivity index (χ1) is 17.1. The second kappa shape index (κ2) is 11.2. The average molecular weight is 474 g/mol. The number of benzene rings is 3. The van der Waals surface area contributed by atoms with Gasteiger partial charge in [0.25, 0.3) is 0 Å². The van der Waals surface area contributed by atoms with E-state index in [9.17, 15) is 4.79 Å². The topological polar surface area (TPSA) is 91.8 Å². The Labute approximate surface area is 203 Å². The van der Waals surface area contributed by atoms with E-state index in [0.29, 0.717) is 39.7 Å². The van der Waals surface area contributed by atoms with Crippen LogP contribution in [0.5, 0.6) is 23.1 Å². The van der Waals surface area contributed by atoms with Crippen LogP contribution in [-0.4, -0.2) is 30.3 Å². The van der Waals surface area contributed by atoms with Gasteiger partial charge in [0.2, 0.25) is 5.88 Å². The number of ether oxygens (including phenoxy) is 4. The van der Waals surface area contributed by atoms with Crippen molar-refractivity contribution in [2.75, 3.05) is 19.5 Å². The molecule has 0 spiro atoms. The van der Waals surface area contributed by atoms with Crippen molar-refractivity contribution in [3.05, 3.63) is 78.6 Å². The molecule has 0 radical (unpaired) electrons. The Bertz CT molecular complexity index is 1280. The summed E-state index contributed by atoms with van der Waals surface area (Å²) in [5.41, 5.74) is 2.22. The summed E-state index contributed by atoms with van der Waals surface area (Å²) in [5.74, 6) is 2.04. The molecule has 0 fully saturated rings. The Balaban J connectivity index is 1.45. The molecule has 0 saturated carbocycles. The molecule has 0 aliphatic rings. The molecular formula is C27H27N3O5. The van der Waals surface area contributed by atoms with Gasteiger partial charge >= 0.3 is 6.09 Å². The molecule has 1 unspecified atom stereocenters. The first kappa shape index (κ1) is 23.8. The highest BCUT2D eigenvalue weighted by Crippen LogP contribution is 2.36. The van der Waals surface area contributed by atoms with Gasteiger partial charge in [0.05, 0.1) is 25.1 Å². The van der Waals surface area contributed by atoms with Crippen molar-refractivity contribution in [1.82, 2.24) is 9.97 Å². The first-order valence-corrected chi connectivity index (χ1v) is 11.3. The third-order valence-corrected chi connectivity index (χ3v) is 5.39. The molecule has 180 valence electrons. The van der Waals surface area contributed by atoms with Crippen molar-refractivity contribution in [1.29, 1.82) is 0 Å². The van der Waals surface area contributed by atoms with E-state index in [1.54, 1.807) is 50.6 Å². The second-order valence-electron chi connectivity index (χ2n) is 7.75. The summed E-state index contributed by atoms with van der Waals surface area (Å²) in [6.07, 6.45) is 2.26. The smallest absolute Gasteiger partial charge is 0.412 e. The molecule has 1 aromatic heterocycles. The lowest BCUT2D eigenvalue weighted by molar-refractivity contribution is 0.105. The summed E-state index contributed by atoms with van der Waals surface area (Å²) in [7, 11) is 3.13. The molecular weight excluding hydrogens is 446 g/mol. The van der Waals surface area contributed by atoms with Gasteiger partial charge in [0, 0.05) is 11.8 Å². The second-order valence-corrected chi connectivity index (χ2v) is 7.75. The third-order valence-electron chi connectivity index (χ3n) is 5.39. The molecule has 1 atom stereocenters. The summed E-state index contributed by atoms with van der Waals surface area (Å²) >= 11 is 0. The minimum absolute atomic E-state index is 0.300. The highest BCUT2D eigenvalue weighted by Gasteiger charge is 2.16. The monoisotopic (exact) mass is 473 g/mol. The van der Waals surface area contributed by atoms with Gasteiger partial charge in [-0.15, -0.1) is 0 Å². The molecule has 35 heavy (non-hydrogen) atoms. The number of hydrogen-bond donors (Lipinski definition) is 1. The van der Waals surface area contributed by atoms with Gasteiger partial charge < -0.3 is 18.9 Å². The zero-order valence-electron chi connectivity index (χ0n) is 19.9. The highest BCUT2D eigenvalue weighted by atomic mass is 16.6. The standard InChI is InChI=1S/C27H27N3O5/c1-4-8-23(18-9-6-5-7-10-18)35-27(31)30-19-11-13-20(14-12-19)34-26-21-15-24(32-2)25(33-3)16-22(21)28-17-29-26/h5-7,9-17,23H,4,8H2,1-3H3,(H,30,31). The van der Waals surface area contributed by atoms with Crippen LogP contribution in [-0.2, 0) is 4.74 Å². The summed E-state index contributed by atoms with van der Waals surface area (Å²) in [6.45, 7) is 2.06. The number of fused-ring (bicyclic) bond motifs is 1. The maximum Gasteiger partial charge on any atom is 0.412 e. The van der Waals surface area contributed by atoms with Crippen molar-refractivity contribution in [3.8, 4) is 23.1 Å². The predicted octanol–water partition coefficient (Wildman–Crippen LogP) is 6.53. The Hall–Kier alpha value is -4.33. The van der Waals surface area contributed by atoms with E-state index in [4.69, 9.17) is 18.9 Å². The summed E-state index contributed by atoms with van der Waals surface area (Å²) in [6, 6.07) is 20.2. The fraction of sp³-hybridized carbons (Fsp3) is 0.222. The van der Waals surface area contributed by atoms with Crippen molar-refractivity contribution in [2.45, 2.75) is 25.9 Å². The molecule has 0 saturated heterocycles. The van der Waals surface area contributed by atoms with Crippen LogP contribution in [0.1, 0.15) is 31.4 Å². The quantitative estimate of drug-likeness (QED) is 0.295. The van der Waals surface area contributed by atoms with E-state index in [2.05, 4.69) is 22.2 Å². The molecule has 1 N–H and O–H groups in total. The van der Waals surface area contributed by atoms with E-state index in [1.807, 2.05) is 30.3 Å². The molecule has 4 rings (SSSR count). The van der Waals surface area contributed by atoms with Crippen LogP contribution in [0.25, 0.3) is 10.9 Å². The zero-order valence-corrected chi connectivity index (χ0v) is 19.9. The van der Waals surface area contributed by atoms with Crippen molar-refractivity contribution in [3.63, 3.8) is 0 Å². The Morgan fingerprint density at radius 2 is 1.66 bits per heavy atom. The van der Waals surface area contributed by atoms with E-state index >= 15 is 0 Å². The Morgan fingerprint density at radius 3 is 2.34 bits per heavy atom. The van der Waals surface area contributed by atoms with Gasteiger partial charge in [-0.2, -0.15) is 0 Å². The number of aromatic nitrogens is 2. The SMILES string of the molecule is CCCC(OC(=O)Nc1ccc(Oc2ncnc3cc(OC)c(OC)cc23)cc1)c1ccccc1. The van der Waals surface area contributed by atoms with Crippen molar-refractivity contribution in [2.24, 2.45) is 0 Å². The van der Waals surface area contributed by atoms with E-state index in [-0.39, 0.29) is 6.10 Å². The van der Waals surface area contributed by atoms with Gasteiger partial charge in [-0.1, -0.05) is 43.7 Å².